The lowest BCUT2D eigenvalue weighted by Gasteiger charge is -2.36. The number of hydrogen-bond donors (Lipinski definition) is 1. The SMILES string of the molecule is CCCNC(=O)C1(Cc2cccc(-c3ccncc3)c2)CCOCC1. The monoisotopic (exact) mass is 338 g/mol. The highest BCUT2D eigenvalue weighted by Gasteiger charge is 2.39. The molecule has 132 valence electrons. The van der Waals surface area contributed by atoms with Crippen molar-refractivity contribution < 1.29 is 9.53 Å². The number of amides is 1. The third kappa shape index (κ3) is 4.26. The smallest absolute Gasteiger partial charge is 0.226 e. The van der Waals surface area contributed by atoms with Crippen LogP contribution in [0.2, 0.25) is 0 Å². The summed E-state index contributed by atoms with van der Waals surface area (Å²) < 4.78 is 5.52. The molecular weight excluding hydrogens is 312 g/mol. The van der Waals surface area contributed by atoms with Crippen LogP contribution in [0.4, 0.5) is 0 Å². The van der Waals surface area contributed by atoms with Crippen LogP contribution in [0.25, 0.3) is 11.1 Å². The first-order valence-electron chi connectivity index (χ1n) is 9.09. The van der Waals surface area contributed by atoms with E-state index in [9.17, 15) is 4.79 Å². The van der Waals surface area contributed by atoms with Gasteiger partial charge in [0, 0.05) is 32.2 Å². The van der Waals surface area contributed by atoms with Crippen LogP contribution in [0, 0.1) is 5.41 Å². The van der Waals surface area contributed by atoms with E-state index < -0.39 is 0 Å². The highest BCUT2D eigenvalue weighted by molar-refractivity contribution is 5.83. The van der Waals surface area contributed by atoms with Gasteiger partial charge in [0.15, 0.2) is 0 Å². The first-order valence-corrected chi connectivity index (χ1v) is 9.09. The van der Waals surface area contributed by atoms with Gasteiger partial charge in [0.2, 0.25) is 5.91 Å². The molecule has 25 heavy (non-hydrogen) atoms. The van der Waals surface area contributed by atoms with Crippen LogP contribution in [0.15, 0.2) is 48.8 Å². The number of nitrogens with zero attached hydrogens (tertiary/aromatic N) is 1. The predicted octanol–water partition coefficient (Wildman–Crippen LogP) is 3.61. The largest absolute Gasteiger partial charge is 0.381 e. The summed E-state index contributed by atoms with van der Waals surface area (Å²) in [5.41, 5.74) is 3.15. The van der Waals surface area contributed by atoms with Gasteiger partial charge in [-0.2, -0.15) is 0 Å². The van der Waals surface area contributed by atoms with Crippen LogP contribution in [-0.4, -0.2) is 30.6 Å². The average Bonchev–Trinajstić information content (AvgIpc) is 2.67. The molecule has 2 heterocycles. The van der Waals surface area contributed by atoms with Gasteiger partial charge in [-0.1, -0.05) is 31.2 Å². The normalized spacial score (nSPS) is 16.4. The molecule has 0 bridgehead atoms. The molecule has 4 nitrogen and oxygen atoms in total. The van der Waals surface area contributed by atoms with Gasteiger partial charge in [-0.3, -0.25) is 9.78 Å². The molecule has 4 heteroatoms. The fourth-order valence-electron chi connectivity index (χ4n) is 3.47. The van der Waals surface area contributed by atoms with Crippen molar-refractivity contribution in [2.75, 3.05) is 19.8 Å². The number of benzene rings is 1. The minimum Gasteiger partial charge on any atom is -0.381 e. The molecule has 0 aliphatic carbocycles. The second-order valence-electron chi connectivity index (χ2n) is 6.76. The van der Waals surface area contributed by atoms with Crippen molar-refractivity contribution in [3.05, 3.63) is 54.4 Å². The molecule has 1 saturated heterocycles. The van der Waals surface area contributed by atoms with E-state index in [2.05, 4.69) is 41.5 Å². The molecule has 2 aromatic rings. The van der Waals surface area contributed by atoms with Crippen molar-refractivity contribution in [3.63, 3.8) is 0 Å². The molecule has 3 rings (SSSR count). The fraction of sp³-hybridized carbons (Fsp3) is 0.429. The van der Waals surface area contributed by atoms with Crippen molar-refractivity contribution in [3.8, 4) is 11.1 Å². The molecule has 1 aromatic carbocycles. The highest BCUT2D eigenvalue weighted by Crippen LogP contribution is 2.35. The van der Waals surface area contributed by atoms with Crippen molar-refractivity contribution >= 4 is 5.91 Å². The second-order valence-corrected chi connectivity index (χ2v) is 6.76. The van der Waals surface area contributed by atoms with Gasteiger partial charge >= 0.3 is 0 Å². The summed E-state index contributed by atoms with van der Waals surface area (Å²) in [6.07, 6.45) is 6.88. The summed E-state index contributed by atoms with van der Waals surface area (Å²) in [6, 6.07) is 12.5. The van der Waals surface area contributed by atoms with E-state index in [0.29, 0.717) is 13.2 Å². The molecule has 1 aliphatic rings. The maximum absolute atomic E-state index is 12.9. The Hall–Kier alpha value is -2.20. The first kappa shape index (κ1) is 17.6. The standard InChI is InChI=1S/C21H26N2O2/c1-2-10-23-20(24)21(8-13-25-14-9-21)16-17-4-3-5-19(15-17)18-6-11-22-12-7-18/h3-7,11-12,15H,2,8-10,13-14,16H2,1H3,(H,23,24). The third-order valence-electron chi connectivity index (χ3n) is 4.95. The van der Waals surface area contributed by atoms with Crippen LogP contribution in [-0.2, 0) is 16.0 Å². The lowest BCUT2D eigenvalue weighted by molar-refractivity contribution is -0.136. The molecule has 1 N–H and O–H groups in total. The second kappa shape index (κ2) is 8.26. The lowest BCUT2D eigenvalue weighted by atomic mass is 9.74. The molecule has 0 unspecified atom stereocenters. The van der Waals surface area contributed by atoms with Gasteiger partial charge in [-0.05, 0) is 54.5 Å². The Morgan fingerprint density at radius 2 is 1.92 bits per heavy atom. The summed E-state index contributed by atoms with van der Waals surface area (Å²) in [5, 5.41) is 3.11. The van der Waals surface area contributed by atoms with Crippen molar-refractivity contribution in [1.29, 1.82) is 0 Å². The number of hydrogen-bond acceptors (Lipinski definition) is 3. The van der Waals surface area contributed by atoms with Crippen LogP contribution >= 0.6 is 0 Å². The third-order valence-corrected chi connectivity index (χ3v) is 4.95. The molecule has 0 spiro atoms. The summed E-state index contributed by atoms with van der Waals surface area (Å²) in [4.78, 5) is 16.9. The van der Waals surface area contributed by atoms with E-state index in [-0.39, 0.29) is 11.3 Å². The van der Waals surface area contributed by atoms with E-state index in [1.807, 2.05) is 12.1 Å². The zero-order valence-corrected chi connectivity index (χ0v) is 14.8. The van der Waals surface area contributed by atoms with Crippen LogP contribution in [0.1, 0.15) is 31.7 Å². The van der Waals surface area contributed by atoms with Crippen molar-refractivity contribution in [2.45, 2.75) is 32.6 Å². The predicted molar refractivity (Wildman–Crippen MR) is 99.2 cm³/mol. The molecule has 0 saturated carbocycles. The van der Waals surface area contributed by atoms with Crippen molar-refractivity contribution in [2.24, 2.45) is 5.41 Å². The minimum atomic E-state index is -0.357. The molecule has 1 aliphatic heterocycles. The van der Waals surface area contributed by atoms with Gasteiger partial charge in [0.1, 0.15) is 0 Å². The lowest BCUT2D eigenvalue weighted by Crippen LogP contribution is -2.46. The maximum Gasteiger partial charge on any atom is 0.226 e. The van der Waals surface area contributed by atoms with E-state index in [4.69, 9.17) is 4.74 Å². The summed E-state index contributed by atoms with van der Waals surface area (Å²) in [5.74, 6) is 0.173. The molecule has 0 atom stereocenters. The zero-order valence-electron chi connectivity index (χ0n) is 14.8. The molecule has 1 aromatic heterocycles. The number of carbonyl (C=O) groups is 1. The van der Waals surface area contributed by atoms with Gasteiger partial charge in [-0.15, -0.1) is 0 Å². The zero-order chi connectivity index (χ0) is 17.5. The molecule has 1 amide bonds. The average molecular weight is 338 g/mol. The number of carbonyl (C=O) groups excluding carboxylic acids is 1. The molecule has 1 fully saturated rings. The molecular formula is C21H26N2O2. The quantitative estimate of drug-likeness (QED) is 0.875. The number of ether oxygens (including phenoxy) is 1. The number of pyridine rings is 1. The van der Waals surface area contributed by atoms with Gasteiger partial charge in [-0.25, -0.2) is 0 Å². The summed E-state index contributed by atoms with van der Waals surface area (Å²) in [6.45, 7) is 4.13. The van der Waals surface area contributed by atoms with E-state index in [0.717, 1.165) is 43.4 Å². The van der Waals surface area contributed by atoms with E-state index in [1.54, 1.807) is 12.4 Å². The number of rotatable bonds is 6. The number of aromatic nitrogens is 1. The Kier molecular flexibility index (Phi) is 5.82. The first-order chi connectivity index (χ1) is 12.2. The van der Waals surface area contributed by atoms with Gasteiger partial charge in [0.05, 0.1) is 5.41 Å². The molecule has 0 radical (unpaired) electrons. The Labute approximate surface area is 149 Å². The minimum absolute atomic E-state index is 0.173. The summed E-state index contributed by atoms with van der Waals surface area (Å²) >= 11 is 0. The number of nitrogens with one attached hydrogen (secondary N) is 1. The Morgan fingerprint density at radius 3 is 2.64 bits per heavy atom. The van der Waals surface area contributed by atoms with Gasteiger partial charge < -0.3 is 10.1 Å². The Morgan fingerprint density at radius 1 is 1.16 bits per heavy atom. The highest BCUT2D eigenvalue weighted by atomic mass is 16.5. The van der Waals surface area contributed by atoms with E-state index in [1.165, 1.54) is 5.56 Å². The van der Waals surface area contributed by atoms with Crippen LogP contribution in [0.3, 0.4) is 0 Å². The topological polar surface area (TPSA) is 51.2 Å². The van der Waals surface area contributed by atoms with Crippen LogP contribution in [0.5, 0.6) is 0 Å². The van der Waals surface area contributed by atoms with Gasteiger partial charge in [0.25, 0.3) is 0 Å². The van der Waals surface area contributed by atoms with Crippen LogP contribution < -0.4 is 5.32 Å². The van der Waals surface area contributed by atoms with E-state index >= 15 is 0 Å². The Bertz CT molecular complexity index is 694. The maximum atomic E-state index is 12.9. The fourth-order valence-corrected chi connectivity index (χ4v) is 3.47. The van der Waals surface area contributed by atoms with Crippen molar-refractivity contribution in [1.82, 2.24) is 10.3 Å². The summed E-state index contributed by atoms with van der Waals surface area (Å²) in [7, 11) is 0. The Balaban J connectivity index is 1.83.